The molecule has 88 valence electrons. The summed E-state index contributed by atoms with van der Waals surface area (Å²) in [5.41, 5.74) is 4.20. The van der Waals surface area contributed by atoms with Gasteiger partial charge in [0, 0.05) is 0 Å². The molecule has 16 heavy (non-hydrogen) atoms. The molecular formula is C15H23N. The molecule has 1 nitrogen and oxygen atoms in total. The van der Waals surface area contributed by atoms with Gasteiger partial charge in [-0.2, -0.15) is 0 Å². The van der Waals surface area contributed by atoms with Crippen molar-refractivity contribution in [3.05, 3.63) is 47.0 Å². The molecular weight excluding hydrogens is 194 g/mol. The predicted octanol–water partition coefficient (Wildman–Crippen LogP) is 3.48. The highest BCUT2D eigenvalue weighted by atomic mass is 14.8. The van der Waals surface area contributed by atoms with Crippen LogP contribution >= 0.6 is 0 Å². The van der Waals surface area contributed by atoms with Crippen LogP contribution in [0.25, 0.3) is 0 Å². The molecule has 0 heterocycles. The van der Waals surface area contributed by atoms with E-state index in [0.717, 1.165) is 25.9 Å². The average Bonchev–Trinajstić information content (AvgIpc) is 2.28. The molecule has 0 aliphatic heterocycles. The Hall–Kier alpha value is -1.08. The number of hydrogen-bond donors (Lipinski definition) is 1. The first-order valence-electron chi connectivity index (χ1n) is 6.14. The van der Waals surface area contributed by atoms with Crippen LogP contribution < -0.4 is 5.32 Å². The summed E-state index contributed by atoms with van der Waals surface area (Å²) in [4.78, 5) is 0. The van der Waals surface area contributed by atoms with E-state index in [2.05, 4.69) is 56.4 Å². The quantitative estimate of drug-likeness (QED) is 0.568. The van der Waals surface area contributed by atoms with Gasteiger partial charge in [-0.25, -0.2) is 0 Å². The molecule has 1 aromatic rings. The van der Waals surface area contributed by atoms with Crippen LogP contribution in [0.15, 0.2) is 35.9 Å². The van der Waals surface area contributed by atoms with Gasteiger partial charge >= 0.3 is 0 Å². The van der Waals surface area contributed by atoms with E-state index in [-0.39, 0.29) is 0 Å². The lowest BCUT2D eigenvalue weighted by Gasteiger charge is -2.03. The predicted molar refractivity (Wildman–Crippen MR) is 71.8 cm³/mol. The number of allylic oxidation sites excluding steroid dienone is 1. The van der Waals surface area contributed by atoms with Crippen molar-refractivity contribution in [1.82, 2.24) is 5.32 Å². The maximum Gasteiger partial charge on any atom is -0.00143 e. The maximum absolute atomic E-state index is 3.33. The summed E-state index contributed by atoms with van der Waals surface area (Å²) >= 11 is 0. The van der Waals surface area contributed by atoms with Crippen molar-refractivity contribution in [1.29, 1.82) is 0 Å². The lowest BCUT2D eigenvalue weighted by molar-refractivity contribution is 0.724. The third-order valence-electron chi connectivity index (χ3n) is 2.67. The van der Waals surface area contributed by atoms with Gasteiger partial charge in [-0.1, -0.05) is 48.4 Å². The van der Waals surface area contributed by atoms with Gasteiger partial charge in [-0.15, -0.1) is 0 Å². The van der Waals surface area contributed by atoms with E-state index in [1.807, 2.05) is 0 Å². The highest BCUT2D eigenvalue weighted by Crippen LogP contribution is 2.09. The first-order chi connectivity index (χ1) is 7.72. The van der Waals surface area contributed by atoms with Gasteiger partial charge in [0.15, 0.2) is 0 Å². The number of nitrogens with one attached hydrogen (secondary N) is 1. The van der Waals surface area contributed by atoms with Gasteiger partial charge in [0.25, 0.3) is 0 Å². The van der Waals surface area contributed by atoms with E-state index in [9.17, 15) is 0 Å². The molecule has 0 fully saturated rings. The number of rotatable bonds is 6. The normalized spacial score (nSPS) is 11.8. The summed E-state index contributed by atoms with van der Waals surface area (Å²) in [6.45, 7) is 8.63. The first-order valence-corrected chi connectivity index (χ1v) is 6.14. The van der Waals surface area contributed by atoms with Crippen molar-refractivity contribution < 1.29 is 0 Å². The molecule has 0 bridgehead atoms. The molecule has 1 aromatic carbocycles. The molecule has 0 saturated heterocycles. The van der Waals surface area contributed by atoms with Crippen molar-refractivity contribution >= 4 is 0 Å². The summed E-state index contributed by atoms with van der Waals surface area (Å²) in [7, 11) is 0. The van der Waals surface area contributed by atoms with Gasteiger partial charge in [0.1, 0.15) is 0 Å². The zero-order valence-electron chi connectivity index (χ0n) is 10.7. The van der Waals surface area contributed by atoms with Crippen molar-refractivity contribution in [2.24, 2.45) is 0 Å². The summed E-state index contributed by atoms with van der Waals surface area (Å²) in [6, 6.07) is 8.80. The lowest BCUT2D eigenvalue weighted by Crippen LogP contribution is -2.13. The third kappa shape index (κ3) is 5.13. The average molecular weight is 217 g/mol. The van der Waals surface area contributed by atoms with Crippen molar-refractivity contribution in [3.8, 4) is 0 Å². The van der Waals surface area contributed by atoms with Gasteiger partial charge < -0.3 is 5.32 Å². The van der Waals surface area contributed by atoms with E-state index < -0.39 is 0 Å². The second-order valence-electron chi connectivity index (χ2n) is 4.36. The van der Waals surface area contributed by atoms with E-state index in [0.29, 0.717) is 0 Å². The zero-order chi connectivity index (χ0) is 11.8. The summed E-state index contributed by atoms with van der Waals surface area (Å²) < 4.78 is 0. The molecule has 1 heteroatoms. The minimum Gasteiger partial charge on any atom is -0.317 e. The fraction of sp³-hybridized carbons (Fsp3) is 0.467. The maximum atomic E-state index is 3.33. The van der Waals surface area contributed by atoms with Gasteiger partial charge in [-0.05, 0) is 45.3 Å². The van der Waals surface area contributed by atoms with Crippen LogP contribution in [0.1, 0.15) is 31.4 Å². The van der Waals surface area contributed by atoms with Crippen LogP contribution in [0, 0.1) is 6.92 Å². The molecule has 0 saturated carbocycles. The van der Waals surface area contributed by atoms with E-state index in [1.54, 1.807) is 0 Å². The van der Waals surface area contributed by atoms with Crippen LogP contribution in [0.3, 0.4) is 0 Å². The van der Waals surface area contributed by atoms with Crippen LogP contribution in [0.4, 0.5) is 0 Å². The Kier molecular flexibility index (Phi) is 5.87. The van der Waals surface area contributed by atoms with Crippen molar-refractivity contribution in [2.75, 3.05) is 13.1 Å². The number of aryl methyl sites for hydroxylation is 1. The minimum absolute atomic E-state index is 1.06. The molecule has 0 radical (unpaired) electrons. The Morgan fingerprint density at radius 3 is 2.56 bits per heavy atom. The number of hydrogen-bond acceptors (Lipinski definition) is 1. The van der Waals surface area contributed by atoms with Gasteiger partial charge in [0.05, 0.1) is 0 Å². The standard InChI is InChI=1S/C15H23N/c1-4-16-11-5-6-14(3)12-15-9-7-13(2)8-10-15/h6-10,16H,4-5,11-12H2,1-3H3. The molecule has 0 unspecified atom stereocenters. The smallest absolute Gasteiger partial charge is 0.00143 e. The summed E-state index contributed by atoms with van der Waals surface area (Å²) in [5.74, 6) is 0. The lowest BCUT2D eigenvalue weighted by atomic mass is 10.0. The van der Waals surface area contributed by atoms with E-state index >= 15 is 0 Å². The Labute approximate surface area is 99.6 Å². The van der Waals surface area contributed by atoms with Crippen molar-refractivity contribution in [2.45, 2.75) is 33.6 Å². The Balaban J connectivity index is 2.38. The van der Waals surface area contributed by atoms with Crippen LogP contribution in [0.2, 0.25) is 0 Å². The fourth-order valence-corrected chi connectivity index (χ4v) is 1.70. The molecule has 0 spiro atoms. The highest BCUT2D eigenvalue weighted by molar-refractivity contribution is 5.25. The highest BCUT2D eigenvalue weighted by Gasteiger charge is 1.94. The fourth-order valence-electron chi connectivity index (χ4n) is 1.70. The molecule has 0 aromatic heterocycles. The van der Waals surface area contributed by atoms with E-state index in [1.165, 1.54) is 16.7 Å². The second kappa shape index (κ2) is 7.24. The van der Waals surface area contributed by atoms with Crippen LogP contribution in [0.5, 0.6) is 0 Å². The first kappa shape index (κ1) is 13.0. The molecule has 0 aliphatic carbocycles. The topological polar surface area (TPSA) is 12.0 Å². The molecule has 1 rings (SSSR count). The summed E-state index contributed by atoms with van der Waals surface area (Å²) in [5, 5.41) is 3.33. The molecule has 0 aliphatic rings. The Bertz CT molecular complexity index is 322. The zero-order valence-corrected chi connectivity index (χ0v) is 10.7. The Morgan fingerprint density at radius 1 is 1.25 bits per heavy atom. The summed E-state index contributed by atoms with van der Waals surface area (Å²) in [6.07, 6.45) is 4.54. The van der Waals surface area contributed by atoms with E-state index in [4.69, 9.17) is 0 Å². The number of benzene rings is 1. The van der Waals surface area contributed by atoms with Crippen molar-refractivity contribution in [3.63, 3.8) is 0 Å². The largest absolute Gasteiger partial charge is 0.317 e. The molecule has 0 amide bonds. The third-order valence-corrected chi connectivity index (χ3v) is 2.67. The monoisotopic (exact) mass is 217 g/mol. The molecule has 1 N–H and O–H groups in total. The minimum atomic E-state index is 1.06. The van der Waals surface area contributed by atoms with Crippen LogP contribution in [-0.4, -0.2) is 13.1 Å². The second-order valence-corrected chi connectivity index (χ2v) is 4.36. The van der Waals surface area contributed by atoms with Gasteiger partial charge in [0.2, 0.25) is 0 Å². The Morgan fingerprint density at radius 2 is 1.94 bits per heavy atom. The van der Waals surface area contributed by atoms with Gasteiger partial charge in [-0.3, -0.25) is 0 Å². The van der Waals surface area contributed by atoms with Crippen LogP contribution in [-0.2, 0) is 6.42 Å². The molecule has 0 atom stereocenters. The SMILES string of the molecule is CCNCCC=C(C)Cc1ccc(C)cc1.